The van der Waals surface area contributed by atoms with Crippen LogP contribution >= 0.6 is 11.3 Å². The van der Waals surface area contributed by atoms with E-state index in [4.69, 9.17) is 4.52 Å². The van der Waals surface area contributed by atoms with Crippen molar-refractivity contribution < 1.29 is 9.32 Å². The summed E-state index contributed by atoms with van der Waals surface area (Å²) < 4.78 is 4.91. The predicted octanol–water partition coefficient (Wildman–Crippen LogP) is 3.39. The zero-order chi connectivity index (χ0) is 16.9. The Balaban J connectivity index is 1.53. The zero-order valence-electron chi connectivity index (χ0n) is 13.4. The van der Waals surface area contributed by atoms with Gasteiger partial charge in [-0.25, -0.2) is 9.78 Å². The molecule has 0 aliphatic carbocycles. The summed E-state index contributed by atoms with van der Waals surface area (Å²) in [5.74, 6) is 0.554. The summed E-state index contributed by atoms with van der Waals surface area (Å²) in [5.41, 5.74) is 3.02. The van der Waals surface area contributed by atoms with Gasteiger partial charge in [-0.1, -0.05) is 36.3 Å². The molecule has 2 heterocycles. The van der Waals surface area contributed by atoms with Crippen molar-refractivity contribution in [2.45, 2.75) is 26.8 Å². The lowest BCUT2D eigenvalue weighted by atomic mass is 10.1. The van der Waals surface area contributed by atoms with Gasteiger partial charge in [0.15, 0.2) is 5.82 Å². The van der Waals surface area contributed by atoms with E-state index in [1.54, 1.807) is 11.3 Å². The van der Waals surface area contributed by atoms with Crippen LogP contribution in [0.25, 0.3) is 11.3 Å². The summed E-state index contributed by atoms with van der Waals surface area (Å²) in [6.07, 6.45) is 0.650. The topological polar surface area (TPSA) is 92.9 Å². The molecule has 0 aliphatic heterocycles. The molecular weight excluding hydrogens is 326 g/mol. The van der Waals surface area contributed by atoms with E-state index in [9.17, 15) is 4.79 Å². The van der Waals surface area contributed by atoms with Crippen molar-refractivity contribution in [3.05, 3.63) is 46.0 Å². The molecule has 2 aromatic heterocycles. The number of thiazole rings is 1. The minimum atomic E-state index is -0.388. The molecule has 24 heavy (non-hydrogen) atoms. The van der Waals surface area contributed by atoms with Crippen molar-refractivity contribution >= 4 is 23.4 Å². The highest BCUT2D eigenvalue weighted by atomic mass is 32.1. The number of anilines is 1. The van der Waals surface area contributed by atoms with Gasteiger partial charge in [0.2, 0.25) is 0 Å². The van der Waals surface area contributed by atoms with E-state index in [0.717, 1.165) is 21.8 Å². The summed E-state index contributed by atoms with van der Waals surface area (Å²) in [4.78, 5) is 20.3. The Morgan fingerprint density at radius 3 is 2.67 bits per heavy atom. The van der Waals surface area contributed by atoms with E-state index in [1.165, 1.54) is 0 Å². The number of carbonyl (C=O) groups is 1. The number of aromatic nitrogens is 3. The fraction of sp³-hybridized carbons (Fsp3) is 0.250. The van der Waals surface area contributed by atoms with Crippen LogP contribution in [0.1, 0.15) is 23.3 Å². The molecule has 0 atom stereocenters. The SMILES string of the molecule is CCc1noc(NC(=O)NCc2ccc(-c3csc(C)n3)cc2)n1. The van der Waals surface area contributed by atoms with Gasteiger partial charge in [-0.2, -0.15) is 4.98 Å². The third-order valence-electron chi connectivity index (χ3n) is 3.33. The van der Waals surface area contributed by atoms with Crippen molar-refractivity contribution in [3.63, 3.8) is 0 Å². The molecule has 0 spiro atoms. The van der Waals surface area contributed by atoms with Crippen LogP contribution in [0.4, 0.5) is 10.8 Å². The lowest BCUT2D eigenvalue weighted by Gasteiger charge is -2.05. The van der Waals surface area contributed by atoms with Crippen LogP contribution < -0.4 is 10.6 Å². The Morgan fingerprint density at radius 2 is 2.04 bits per heavy atom. The van der Waals surface area contributed by atoms with Crippen LogP contribution in [0.2, 0.25) is 0 Å². The molecule has 124 valence electrons. The van der Waals surface area contributed by atoms with Crippen LogP contribution in [-0.2, 0) is 13.0 Å². The molecule has 0 fully saturated rings. The largest absolute Gasteiger partial charge is 0.334 e. The molecule has 2 N–H and O–H groups in total. The molecule has 7 nitrogen and oxygen atoms in total. The van der Waals surface area contributed by atoms with E-state index < -0.39 is 0 Å². The predicted molar refractivity (Wildman–Crippen MR) is 91.8 cm³/mol. The maximum atomic E-state index is 11.8. The number of benzene rings is 1. The number of hydrogen-bond acceptors (Lipinski definition) is 6. The van der Waals surface area contributed by atoms with Crippen LogP contribution in [-0.4, -0.2) is 21.2 Å². The second-order valence-electron chi connectivity index (χ2n) is 5.13. The maximum Gasteiger partial charge on any atom is 0.329 e. The van der Waals surface area contributed by atoms with Crippen LogP contribution in [0, 0.1) is 6.92 Å². The summed E-state index contributed by atoms with van der Waals surface area (Å²) in [5, 5.41) is 12.0. The molecule has 0 saturated heterocycles. The van der Waals surface area contributed by atoms with Crippen molar-refractivity contribution in [2.24, 2.45) is 0 Å². The number of nitrogens with zero attached hydrogens (tertiary/aromatic N) is 3. The molecular formula is C16H17N5O2S. The van der Waals surface area contributed by atoms with E-state index in [0.29, 0.717) is 18.8 Å². The first kappa shape index (κ1) is 16.1. The number of urea groups is 1. The second-order valence-corrected chi connectivity index (χ2v) is 6.19. The van der Waals surface area contributed by atoms with Gasteiger partial charge in [0.1, 0.15) is 0 Å². The highest BCUT2D eigenvalue weighted by Gasteiger charge is 2.08. The van der Waals surface area contributed by atoms with Gasteiger partial charge in [0.25, 0.3) is 0 Å². The highest BCUT2D eigenvalue weighted by molar-refractivity contribution is 7.09. The van der Waals surface area contributed by atoms with Gasteiger partial charge in [0, 0.05) is 23.9 Å². The molecule has 2 amide bonds. The third kappa shape index (κ3) is 3.96. The Hall–Kier alpha value is -2.74. The number of hydrogen-bond donors (Lipinski definition) is 2. The summed E-state index contributed by atoms with van der Waals surface area (Å²) >= 11 is 1.63. The van der Waals surface area contributed by atoms with Gasteiger partial charge in [-0.05, 0) is 12.5 Å². The molecule has 0 unspecified atom stereocenters. The lowest BCUT2D eigenvalue weighted by molar-refractivity contribution is 0.250. The summed E-state index contributed by atoms with van der Waals surface area (Å²) in [7, 11) is 0. The van der Waals surface area contributed by atoms with Crippen molar-refractivity contribution in [1.82, 2.24) is 20.4 Å². The lowest BCUT2D eigenvalue weighted by Crippen LogP contribution is -2.28. The molecule has 0 saturated carbocycles. The van der Waals surface area contributed by atoms with Gasteiger partial charge in [-0.3, -0.25) is 5.32 Å². The molecule has 8 heteroatoms. The minimum Gasteiger partial charge on any atom is -0.334 e. The Morgan fingerprint density at radius 1 is 1.25 bits per heavy atom. The van der Waals surface area contributed by atoms with Crippen molar-refractivity contribution in [3.8, 4) is 11.3 Å². The number of rotatable bonds is 5. The molecule has 1 aromatic carbocycles. The highest BCUT2D eigenvalue weighted by Crippen LogP contribution is 2.21. The van der Waals surface area contributed by atoms with Crippen LogP contribution in [0.3, 0.4) is 0 Å². The summed E-state index contributed by atoms with van der Waals surface area (Å²) in [6, 6.07) is 7.63. The average Bonchev–Trinajstić information content (AvgIpc) is 3.22. The Bertz CT molecular complexity index is 825. The maximum absolute atomic E-state index is 11.8. The second kappa shape index (κ2) is 7.22. The van der Waals surface area contributed by atoms with E-state index in [2.05, 4.69) is 25.8 Å². The first-order valence-electron chi connectivity index (χ1n) is 7.53. The van der Waals surface area contributed by atoms with Crippen molar-refractivity contribution in [2.75, 3.05) is 5.32 Å². The van der Waals surface area contributed by atoms with Crippen LogP contribution in [0.5, 0.6) is 0 Å². The molecule has 0 aliphatic rings. The molecule has 3 aromatic rings. The first-order valence-corrected chi connectivity index (χ1v) is 8.41. The molecule has 3 rings (SSSR count). The smallest absolute Gasteiger partial charge is 0.329 e. The van der Waals surface area contributed by atoms with Gasteiger partial charge < -0.3 is 9.84 Å². The number of carbonyl (C=O) groups excluding carboxylic acids is 1. The standard InChI is InChI=1S/C16H17N5O2S/c1-3-14-19-16(23-21-14)20-15(22)17-8-11-4-6-12(7-5-11)13-9-24-10(2)18-13/h4-7,9H,3,8H2,1-2H3,(H2,17,19,20,21,22). The quantitative estimate of drug-likeness (QED) is 0.741. The normalized spacial score (nSPS) is 10.6. The summed E-state index contributed by atoms with van der Waals surface area (Å²) in [6.45, 7) is 4.29. The Labute approximate surface area is 143 Å². The average molecular weight is 343 g/mol. The van der Waals surface area contributed by atoms with Gasteiger partial charge >= 0.3 is 12.0 Å². The number of amides is 2. The zero-order valence-corrected chi connectivity index (χ0v) is 14.2. The Kier molecular flexibility index (Phi) is 4.85. The first-order chi connectivity index (χ1) is 11.6. The monoisotopic (exact) mass is 343 g/mol. The van der Waals surface area contributed by atoms with Gasteiger partial charge in [-0.15, -0.1) is 11.3 Å². The minimum absolute atomic E-state index is 0.0959. The third-order valence-corrected chi connectivity index (χ3v) is 4.10. The fourth-order valence-corrected chi connectivity index (χ4v) is 2.68. The number of aryl methyl sites for hydroxylation is 2. The van der Waals surface area contributed by atoms with Gasteiger partial charge in [0.05, 0.1) is 10.7 Å². The fourth-order valence-electron chi connectivity index (χ4n) is 2.06. The van der Waals surface area contributed by atoms with Crippen molar-refractivity contribution in [1.29, 1.82) is 0 Å². The van der Waals surface area contributed by atoms with E-state index in [-0.39, 0.29) is 12.0 Å². The van der Waals surface area contributed by atoms with E-state index in [1.807, 2.05) is 43.5 Å². The van der Waals surface area contributed by atoms with E-state index >= 15 is 0 Å². The number of nitrogens with one attached hydrogen (secondary N) is 2. The van der Waals surface area contributed by atoms with Crippen LogP contribution in [0.15, 0.2) is 34.2 Å². The molecule has 0 bridgehead atoms. The molecule has 0 radical (unpaired) electrons.